The third-order valence-electron chi connectivity index (χ3n) is 3.14. The van der Waals surface area contributed by atoms with Crippen LogP contribution in [0.25, 0.3) is 0 Å². The summed E-state index contributed by atoms with van der Waals surface area (Å²) >= 11 is 3.27. The molecule has 1 fully saturated rings. The predicted molar refractivity (Wildman–Crippen MR) is 75.2 cm³/mol. The van der Waals surface area contributed by atoms with E-state index in [9.17, 15) is 9.59 Å². The number of halogens is 1. The first kappa shape index (κ1) is 14.3. The molecule has 1 aliphatic rings. The van der Waals surface area contributed by atoms with E-state index in [0.29, 0.717) is 30.6 Å². The second-order valence-corrected chi connectivity index (χ2v) is 5.34. The number of rotatable bonds is 2. The molecule has 1 saturated heterocycles. The molecule has 1 aliphatic heterocycles. The molecule has 1 unspecified atom stereocenters. The van der Waals surface area contributed by atoms with Crippen LogP contribution in [0, 0.1) is 11.3 Å². The van der Waals surface area contributed by atoms with Gasteiger partial charge in [-0.2, -0.15) is 5.26 Å². The Morgan fingerprint density at radius 1 is 1.50 bits per heavy atom. The van der Waals surface area contributed by atoms with Gasteiger partial charge in [-0.05, 0) is 31.0 Å². The number of aliphatic carboxylic acids is 1. The Morgan fingerprint density at radius 3 is 2.90 bits per heavy atom. The van der Waals surface area contributed by atoms with Gasteiger partial charge in [0.15, 0.2) is 0 Å². The van der Waals surface area contributed by atoms with Gasteiger partial charge in [-0.15, -0.1) is 0 Å². The normalized spacial score (nSPS) is 17.6. The van der Waals surface area contributed by atoms with E-state index in [1.54, 1.807) is 18.2 Å². The van der Waals surface area contributed by atoms with Gasteiger partial charge in [-0.3, -0.25) is 0 Å². The number of anilines is 1. The summed E-state index contributed by atoms with van der Waals surface area (Å²) in [7, 11) is 0. The van der Waals surface area contributed by atoms with E-state index in [1.165, 1.54) is 4.90 Å². The molecule has 6 nitrogen and oxygen atoms in total. The molecule has 0 saturated carbocycles. The number of nitriles is 1. The lowest BCUT2D eigenvalue weighted by atomic mass is 10.2. The van der Waals surface area contributed by atoms with Crippen LogP contribution < -0.4 is 5.32 Å². The highest BCUT2D eigenvalue weighted by Crippen LogP contribution is 2.23. The Morgan fingerprint density at radius 2 is 2.25 bits per heavy atom. The minimum absolute atomic E-state index is 0.327. The highest BCUT2D eigenvalue weighted by atomic mass is 79.9. The van der Waals surface area contributed by atoms with Crippen molar-refractivity contribution in [1.82, 2.24) is 4.90 Å². The van der Waals surface area contributed by atoms with Crippen molar-refractivity contribution in [2.45, 2.75) is 18.9 Å². The summed E-state index contributed by atoms with van der Waals surface area (Å²) < 4.78 is 0.725. The smallest absolute Gasteiger partial charge is 0.326 e. The van der Waals surface area contributed by atoms with Crippen LogP contribution in [0.3, 0.4) is 0 Å². The maximum Gasteiger partial charge on any atom is 0.326 e. The van der Waals surface area contributed by atoms with Crippen LogP contribution in [0.5, 0.6) is 0 Å². The summed E-state index contributed by atoms with van der Waals surface area (Å²) in [6, 6.07) is 5.58. The number of hydrogen-bond donors (Lipinski definition) is 2. The first-order valence-corrected chi connectivity index (χ1v) is 6.82. The number of benzene rings is 1. The van der Waals surface area contributed by atoms with Crippen molar-refractivity contribution in [3.05, 3.63) is 28.2 Å². The molecule has 0 aliphatic carbocycles. The number of nitrogens with one attached hydrogen (secondary N) is 1. The average molecular weight is 338 g/mol. The number of carboxylic acids is 1. The van der Waals surface area contributed by atoms with Gasteiger partial charge in [0.1, 0.15) is 12.1 Å². The van der Waals surface area contributed by atoms with Crippen LogP contribution in [0.4, 0.5) is 10.5 Å². The van der Waals surface area contributed by atoms with Gasteiger partial charge in [0.25, 0.3) is 0 Å². The maximum absolute atomic E-state index is 12.1. The van der Waals surface area contributed by atoms with Gasteiger partial charge >= 0.3 is 12.0 Å². The number of amides is 2. The van der Waals surface area contributed by atoms with Crippen molar-refractivity contribution in [2.24, 2.45) is 0 Å². The van der Waals surface area contributed by atoms with E-state index in [-0.39, 0.29) is 0 Å². The second kappa shape index (κ2) is 5.92. The van der Waals surface area contributed by atoms with E-state index < -0.39 is 18.0 Å². The summed E-state index contributed by atoms with van der Waals surface area (Å²) in [6.45, 7) is 0.401. The van der Waals surface area contributed by atoms with Gasteiger partial charge in [-0.1, -0.05) is 15.9 Å². The van der Waals surface area contributed by atoms with Crippen LogP contribution in [-0.2, 0) is 4.79 Å². The lowest BCUT2D eigenvalue weighted by molar-refractivity contribution is -0.141. The number of hydrogen-bond acceptors (Lipinski definition) is 3. The van der Waals surface area contributed by atoms with Crippen LogP contribution >= 0.6 is 15.9 Å². The van der Waals surface area contributed by atoms with Gasteiger partial charge < -0.3 is 15.3 Å². The first-order chi connectivity index (χ1) is 9.52. The lowest BCUT2D eigenvalue weighted by Crippen LogP contribution is -2.42. The highest BCUT2D eigenvalue weighted by Gasteiger charge is 2.34. The molecule has 0 spiro atoms. The zero-order chi connectivity index (χ0) is 14.7. The summed E-state index contributed by atoms with van der Waals surface area (Å²) in [6.07, 6.45) is 1.11. The molecule has 7 heteroatoms. The molecule has 1 aromatic carbocycles. The van der Waals surface area contributed by atoms with Gasteiger partial charge in [0.2, 0.25) is 0 Å². The molecule has 2 N–H and O–H groups in total. The summed E-state index contributed by atoms with van der Waals surface area (Å²) in [5.41, 5.74) is 0.690. The van der Waals surface area contributed by atoms with E-state index in [0.717, 1.165) is 4.47 Å². The largest absolute Gasteiger partial charge is 0.480 e. The standard InChI is InChI=1S/C13H12BrN3O3/c14-9-4-3-8(7-15)10(6-9)16-13(20)17-5-1-2-11(17)12(18)19/h3-4,6,11H,1-2,5H2,(H,16,20)(H,18,19). The van der Waals surface area contributed by atoms with Gasteiger partial charge in [0, 0.05) is 11.0 Å². The van der Waals surface area contributed by atoms with Gasteiger partial charge in [0.05, 0.1) is 11.3 Å². The monoisotopic (exact) mass is 337 g/mol. The number of nitrogens with zero attached hydrogens (tertiary/aromatic N) is 2. The minimum atomic E-state index is -1.01. The molecule has 104 valence electrons. The van der Waals surface area contributed by atoms with Crippen molar-refractivity contribution >= 4 is 33.6 Å². The Bertz CT molecular complexity index is 597. The average Bonchev–Trinajstić information content (AvgIpc) is 2.88. The molecule has 2 rings (SSSR count). The summed E-state index contributed by atoms with van der Waals surface area (Å²) in [4.78, 5) is 24.5. The van der Waals surface area contributed by atoms with Gasteiger partial charge in [-0.25, -0.2) is 9.59 Å². The number of carboxylic acid groups (broad SMARTS) is 1. The molecule has 0 bridgehead atoms. The Balaban J connectivity index is 2.18. The predicted octanol–water partition coefficient (Wildman–Crippen LogP) is 2.40. The molecule has 20 heavy (non-hydrogen) atoms. The molecule has 0 radical (unpaired) electrons. The van der Waals surface area contributed by atoms with E-state index in [4.69, 9.17) is 10.4 Å². The van der Waals surface area contributed by atoms with Crippen LogP contribution in [0.15, 0.2) is 22.7 Å². The topological polar surface area (TPSA) is 93.4 Å². The molecular formula is C13H12BrN3O3. The molecular weight excluding hydrogens is 326 g/mol. The van der Waals surface area contributed by atoms with Crippen LogP contribution in [0.2, 0.25) is 0 Å². The molecule has 1 heterocycles. The van der Waals surface area contributed by atoms with Crippen LogP contribution in [-0.4, -0.2) is 34.6 Å². The highest BCUT2D eigenvalue weighted by molar-refractivity contribution is 9.10. The van der Waals surface area contributed by atoms with Crippen molar-refractivity contribution in [3.63, 3.8) is 0 Å². The van der Waals surface area contributed by atoms with Crippen molar-refractivity contribution in [2.75, 3.05) is 11.9 Å². The SMILES string of the molecule is N#Cc1ccc(Br)cc1NC(=O)N1CCCC1C(=O)O. The minimum Gasteiger partial charge on any atom is -0.480 e. The fraction of sp³-hybridized carbons (Fsp3) is 0.308. The molecule has 0 aromatic heterocycles. The maximum atomic E-state index is 12.1. The summed E-state index contributed by atoms with van der Waals surface area (Å²) in [5, 5.41) is 20.7. The Labute approximate surface area is 124 Å². The summed E-state index contributed by atoms with van der Waals surface area (Å²) in [5.74, 6) is -1.01. The quantitative estimate of drug-likeness (QED) is 0.866. The number of carbonyl (C=O) groups is 2. The zero-order valence-corrected chi connectivity index (χ0v) is 12.1. The molecule has 1 aromatic rings. The fourth-order valence-corrected chi connectivity index (χ4v) is 2.53. The van der Waals surface area contributed by atoms with Crippen molar-refractivity contribution in [1.29, 1.82) is 5.26 Å². The van der Waals surface area contributed by atoms with E-state index in [1.807, 2.05) is 6.07 Å². The Kier molecular flexibility index (Phi) is 4.25. The third kappa shape index (κ3) is 2.91. The number of urea groups is 1. The zero-order valence-electron chi connectivity index (χ0n) is 10.5. The van der Waals surface area contributed by atoms with Crippen molar-refractivity contribution < 1.29 is 14.7 Å². The fourth-order valence-electron chi connectivity index (χ4n) is 2.17. The number of carbonyl (C=O) groups excluding carboxylic acids is 1. The third-order valence-corrected chi connectivity index (χ3v) is 3.64. The second-order valence-electron chi connectivity index (χ2n) is 4.42. The van der Waals surface area contributed by atoms with E-state index in [2.05, 4.69) is 21.2 Å². The van der Waals surface area contributed by atoms with Crippen LogP contribution in [0.1, 0.15) is 18.4 Å². The Hall–Kier alpha value is -2.07. The first-order valence-electron chi connectivity index (χ1n) is 6.03. The molecule has 2 amide bonds. The van der Waals surface area contributed by atoms with Crippen molar-refractivity contribution in [3.8, 4) is 6.07 Å². The lowest BCUT2D eigenvalue weighted by Gasteiger charge is -2.22. The number of likely N-dealkylation sites (tertiary alicyclic amines) is 1. The molecule has 1 atom stereocenters. The van der Waals surface area contributed by atoms with E-state index >= 15 is 0 Å².